The summed E-state index contributed by atoms with van der Waals surface area (Å²) in [5.74, 6) is -0.889. The third-order valence-electron chi connectivity index (χ3n) is 8.10. The van der Waals surface area contributed by atoms with Crippen LogP contribution in [-0.2, 0) is 28.7 Å². The van der Waals surface area contributed by atoms with Crippen LogP contribution in [0.15, 0.2) is 12.3 Å². The van der Waals surface area contributed by atoms with E-state index >= 15 is 0 Å². The van der Waals surface area contributed by atoms with Crippen LogP contribution in [0.4, 0.5) is 13.2 Å². The lowest BCUT2D eigenvalue weighted by Gasteiger charge is -2.41. The number of amides is 1. The van der Waals surface area contributed by atoms with Crippen LogP contribution >= 0.6 is 0 Å². The third-order valence-corrected chi connectivity index (χ3v) is 8.10. The van der Waals surface area contributed by atoms with Crippen molar-refractivity contribution in [1.82, 2.24) is 14.8 Å². The van der Waals surface area contributed by atoms with Crippen molar-refractivity contribution in [1.29, 1.82) is 0 Å². The number of rotatable bonds is 4. The number of piperidine rings is 1. The molecule has 1 aliphatic carbocycles. The molecular weight excluding hydrogens is 435 g/mol. The molecular formula is C24H32F3N3O3. The Morgan fingerprint density at radius 1 is 1.18 bits per heavy atom. The van der Waals surface area contributed by atoms with E-state index in [9.17, 15) is 27.9 Å². The van der Waals surface area contributed by atoms with E-state index in [1.54, 1.807) is 4.90 Å². The maximum absolute atomic E-state index is 13.8. The Bertz CT molecular complexity index is 912. The lowest BCUT2D eigenvalue weighted by molar-refractivity contribution is -0.146. The van der Waals surface area contributed by atoms with Crippen LogP contribution in [0.25, 0.3) is 0 Å². The van der Waals surface area contributed by atoms with E-state index in [1.807, 2.05) is 0 Å². The summed E-state index contributed by atoms with van der Waals surface area (Å²) < 4.78 is 39.5. The van der Waals surface area contributed by atoms with Gasteiger partial charge in [-0.1, -0.05) is 13.8 Å². The van der Waals surface area contributed by atoms with Gasteiger partial charge in [-0.3, -0.25) is 14.6 Å². The average molecular weight is 468 g/mol. The summed E-state index contributed by atoms with van der Waals surface area (Å²) in [7, 11) is 0. The summed E-state index contributed by atoms with van der Waals surface area (Å²) in [5.41, 5.74) is -0.203. The molecule has 4 rings (SSSR count). The number of hydrogen-bond donors (Lipinski definition) is 1. The minimum Gasteiger partial charge on any atom is -0.481 e. The Balaban J connectivity index is 1.48. The largest absolute Gasteiger partial charge is 0.481 e. The van der Waals surface area contributed by atoms with E-state index < -0.39 is 23.1 Å². The molecule has 0 spiro atoms. The Labute approximate surface area is 192 Å². The van der Waals surface area contributed by atoms with Crippen molar-refractivity contribution in [3.63, 3.8) is 0 Å². The zero-order chi connectivity index (χ0) is 24.0. The molecule has 2 fully saturated rings. The van der Waals surface area contributed by atoms with Gasteiger partial charge in [-0.2, -0.15) is 13.2 Å². The number of likely N-dealkylation sites (tertiary alicyclic amines) is 1. The van der Waals surface area contributed by atoms with Crippen molar-refractivity contribution < 1.29 is 27.9 Å². The molecule has 0 bridgehead atoms. The molecule has 182 valence electrons. The van der Waals surface area contributed by atoms with Gasteiger partial charge < -0.3 is 14.9 Å². The monoisotopic (exact) mass is 467 g/mol. The van der Waals surface area contributed by atoms with Crippen LogP contribution in [0, 0.1) is 17.3 Å². The first-order chi connectivity index (χ1) is 15.5. The first-order valence-electron chi connectivity index (χ1n) is 11.8. The molecule has 1 saturated carbocycles. The number of fused-ring (bicyclic) bond motifs is 1. The predicted octanol–water partition coefficient (Wildman–Crippen LogP) is 3.98. The van der Waals surface area contributed by atoms with Gasteiger partial charge in [0.15, 0.2) is 0 Å². The molecule has 1 aromatic heterocycles. The van der Waals surface area contributed by atoms with E-state index in [-0.39, 0.29) is 30.3 Å². The molecule has 1 amide bonds. The van der Waals surface area contributed by atoms with E-state index in [1.165, 1.54) is 0 Å². The summed E-state index contributed by atoms with van der Waals surface area (Å²) in [5, 5.41) is 9.26. The molecule has 9 heteroatoms. The molecule has 6 nitrogen and oxygen atoms in total. The summed E-state index contributed by atoms with van der Waals surface area (Å²) in [6, 6.07) is 1.37. The Morgan fingerprint density at radius 2 is 1.88 bits per heavy atom. The second-order valence-electron chi connectivity index (χ2n) is 10.2. The molecule has 1 aromatic rings. The fourth-order valence-corrected chi connectivity index (χ4v) is 5.91. The highest BCUT2D eigenvalue weighted by atomic mass is 19.4. The highest BCUT2D eigenvalue weighted by Crippen LogP contribution is 2.48. The summed E-state index contributed by atoms with van der Waals surface area (Å²) >= 11 is 0. The highest BCUT2D eigenvalue weighted by molar-refractivity contribution is 5.83. The van der Waals surface area contributed by atoms with Crippen LogP contribution in [0.5, 0.6) is 0 Å². The summed E-state index contributed by atoms with van der Waals surface area (Å²) in [6.07, 6.45) is 0.479. The quantitative estimate of drug-likeness (QED) is 0.725. The average Bonchev–Trinajstić information content (AvgIpc) is 3.24. The van der Waals surface area contributed by atoms with Crippen molar-refractivity contribution in [3.05, 3.63) is 29.1 Å². The number of carbonyl (C=O) groups is 2. The van der Waals surface area contributed by atoms with Crippen molar-refractivity contribution in [2.45, 2.75) is 71.1 Å². The Hall–Kier alpha value is -2.16. The number of carboxylic acids is 1. The van der Waals surface area contributed by atoms with Crippen LogP contribution in [-0.4, -0.2) is 57.4 Å². The maximum atomic E-state index is 13.8. The van der Waals surface area contributed by atoms with E-state index in [0.717, 1.165) is 38.2 Å². The zero-order valence-corrected chi connectivity index (χ0v) is 19.2. The van der Waals surface area contributed by atoms with Crippen molar-refractivity contribution in [2.75, 3.05) is 19.6 Å². The second kappa shape index (κ2) is 8.89. The Kier molecular flexibility index (Phi) is 6.46. The highest BCUT2D eigenvalue weighted by Gasteiger charge is 2.51. The standard InChI is InChI=1S/C24H32F3N3O3/c1-15(2)23(7-3-19(12-23)29-8-4-16(5-9-29)21(31)32)22(33)30-10-6-20-17(14-30)11-18(13-28-20)24(25,26)27/h11,13,15-16,19H,3-10,12,14H2,1-2H3,(H,31,32)/t19-,23-/m0/s1. The number of alkyl halides is 3. The lowest BCUT2D eigenvalue weighted by atomic mass is 9.73. The first kappa shape index (κ1) is 24.0. The number of pyridine rings is 1. The number of aromatic nitrogens is 1. The molecule has 3 aliphatic rings. The molecule has 2 atom stereocenters. The van der Waals surface area contributed by atoms with Crippen molar-refractivity contribution in [2.24, 2.45) is 17.3 Å². The maximum Gasteiger partial charge on any atom is 0.417 e. The topological polar surface area (TPSA) is 73.7 Å². The number of nitrogens with zero attached hydrogens (tertiary/aromatic N) is 3. The molecule has 0 aromatic carbocycles. The van der Waals surface area contributed by atoms with Crippen LogP contribution < -0.4 is 0 Å². The third kappa shape index (κ3) is 4.61. The van der Waals surface area contributed by atoms with Gasteiger partial charge in [0, 0.05) is 37.4 Å². The fraction of sp³-hybridized carbons (Fsp3) is 0.708. The molecule has 0 radical (unpaired) electrons. The van der Waals surface area contributed by atoms with Gasteiger partial charge in [0.2, 0.25) is 5.91 Å². The SMILES string of the molecule is CC(C)[C@]1(C(=O)N2CCc3ncc(C(F)(F)F)cc3C2)CC[C@H](N2CCC(C(=O)O)CC2)C1. The number of carboxylic acid groups (broad SMARTS) is 1. The minimum atomic E-state index is -4.46. The fourth-order valence-electron chi connectivity index (χ4n) is 5.91. The van der Waals surface area contributed by atoms with Gasteiger partial charge in [0.1, 0.15) is 0 Å². The van der Waals surface area contributed by atoms with Crippen molar-refractivity contribution in [3.8, 4) is 0 Å². The molecule has 0 unspecified atom stereocenters. The van der Waals surface area contributed by atoms with E-state index in [2.05, 4.69) is 23.7 Å². The number of hydrogen-bond acceptors (Lipinski definition) is 4. The first-order valence-corrected chi connectivity index (χ1v) is 11.8. The van der Waals surface area contributed by atoms with Gasteiger partial charge >= 0.3 is 12.1 Å². The number of aliphatic carboxylic acids is 1. The smallest absolute Gasteiger partial charge is 0.417 e. The normalized spacial score (nSPS) is 27.1. The number of halogens is 3. The molecule has 1 saturated heterocycles. The Morgan fingerprint density at radius 3 is 2.48 bits per heavy atom. The van der Waals surface area contributed by atoms with Gasteiger partial charge in [0.05, 0.1) is 16.9 Å². The molecule has 1 N–H and O–H groups in total. The van der Waals surface area contributed by atoms with Gasteiger partial charge in [0.25, 0.3) is 0 Å². The summed E-state index contributed by atoms with van der Waals surface area (Å²) in [6.45, 7) is 6.19. The van der Waals surface area contributed by atoms with E-state index in [0.29, 0.717) is 43.5 Å². The van der Waals surface area contributed by atoms with Gasteiger partial charge in [-0.25, -0.2) is 0 Å². The molecule has 2 aliphatic heterocycles. The molecule has 3 heterocycles. The molecule has 33 heavy (non-hydrogen) atoms. The van der Waals surface area contributed by atoms with Crippen LogP contribution in [0.2, 0.25) is 0 Å². The van der Waals surface area contributed by atoms with Crippen LogP contribution in [0.1, 0.15) is 62.8 Å². The predicted molar refractivity (Wildman–Crippen MR) is 115 cm³/mol. The minimum absolute atomic E-state index is 0.0310. The van der Waals surface area contributed by atoms with Crippen LogP contribution in [0.3, 0.4) is 0 Å². The second-order valence-corrected chi connectivity index (χ2v) is 10.2. The zero-order valence-electron chi connectivity index (χ0n) is 19.2. The van der Waals surface area contributed by atoms with Gasteiger partial charge in [-0.15, -0.1) is 0 Å². The number of carbonyl (C=O) groups excluding carboxylic acids is 1. The lowest BCUT2D eigenvalue weighted by Crippen LogP contribution is -2.49. The van der Waals surface area contributed by atoms with Crippen molar-refractivity contribution >= 4 is 11.9 Å². The van der Waals surface area contributed by atoms with Gasteiger partial charge in [-0.05, 0) is 62.7 Å². The summed E-state index contributed by atoms with van der Waals surface area (Å²) in [4.78, 5) is 33.2. The van der Waals surface area contributed by atoms with E-state index in [4.69, 9.17) is 0 Å².